The van der Waals surface area contributed by atoms with Crippen LogP contribution in [0.3, 0.4) is 0 Å². The Morgan fingerprint density at radius 3 is 1.67 bits per heavy atom. The van der Waals surface area contributed by atoms with Crippen LogP contribution in [0, 0.1) is 23.3 Å². The lowest BCUT2D eigenvalue weighted by molar-refractivity contribution is -0.0394. The van der Waals surface area contributed by atoms with Gasteiger partial charge in [0.05, 0.1) is 56.4 Å². The first-order chi connectivity index (χ1) is 40.6. The van der Waals surface area contributed by atoms with Gasteiger partial charge in [-0.2, -0.15) is 25.1 Å². The summed E-state index contributed by atoms with van der Waals surface area (Å²) in [4.78, 5) is 30.4. The number of fused-ring (bicyclic) bond motifs is 2. The van der Waals surface area contributed by atoms with Gasteiger partial charge in [-0.15, -0.1) is 0 Å². The third-order valence-electron chi connectivity index (χ3n) is 14.9. The van der Waals surface area contributed by atoms with E-state index in [4.69, 9.17) is 38.6 Å². The van der Waals surface area contributed by atoms with Crippen LogP contribution in [0.1, 0.15) is 99.4 Å². The van der Waals surface area contributed by atoms with Crippen molar-refractivity contribution in [3.8, 4) is 56.2 Å². The maximum atomic E-state index is 14.1. The minimum absolute atomic E-state index is 0.187. The summed E-state index contributed by atoms with van der Waals surface area (Å²) in [6.45, 7) is 14.6. The van der Waals surface area contributed by atoms with Crippen LogP contribution in [0.2, 0.25) is 0 Å². The van der Waals surface area contributed by atoms with Gasteiger partial charge in [0.2, 0.25) is 0 Å². The Morgan fingerprint density at radius 2 is 1.18 bits per heavy atom. The molecule has 3 aliphatic rings. The fraction of sp³-hybridized carbons (Fsp3) is 0.328. The first kappa shape index (κ1) is 58.7. The largest absolute Gasteiger partial charge is 0.516 e. The molecule has 2 unspecified atom stereocenters. The van der Waals surface area contributed by atoms with Gasteiger partial charge in [0.25, 0.3) is 0 Å². The number of carbonyl (C=O) groups is 1. The maximum Gasteiger partial charge on any atom is 0.516 e. The van der Waals surface area contributed by atoms with Crippen LogP contribution < -0.4 is 5.59 Å². The Hall–Kier alpha value is -8.03. The molecular formula is C61H60BBrF4N12O6. The Morgan fingerprint density at radius 1 is 0.635 bits per heavy atom. The van der Waals surface area contributed by atoms with E-state index in [0.717, 1.165) is 105 Å². The van der Waals surface area contributed by atoms with E-state index < -0.39 is 53.3 Å². The number of ether oxygens (including phenoxy) is 3. The van der Waals surface area contributed by atoms with Crippen molar-refractivity contribution in [2.45, 2.75) is 116 Å². The van der Waals surface area contributed by atoms with Crippen molar-refractivity contribution in [3.63, 3.8) is 0 Å². The molecule has 8 aromatic heterocycles. The number of pyridine rings is 4. The first-order valence-electron chi connectivity index (χ1n) is 27.8. The van der Waals surface area contributed by atoms with Gasteiger partial charge in [-0.05, 0) is 182 Å². The Balaban J connectivity index is 0.000000137. The van der Waals surface area contributed by atoms with Crippen LogP contribution in [0.4, 0.5) is 22.4 Å². The van der Waals surface area contributed by atoms with Crippen LogP contribution in [0.15, 0.2) is 127 Å². The van der Waals surface area contributed by atoms with Crippen molar-refractivity contribution < 1.29 is 45.9 Å². The molecule has 2 aromatic carbocycles. The van der Waals surface area contributed by atoms with Crippen LogP contribution in [0.5, 0.6) is 0 Å². The standard InChI is InChI=1S/C25H20F2N6O.C22H17BrF2N4O.C14H23BN2O4/c26-19-5-4-15(9-20(19)27)25-18(14-33(32-25)24-3-1-2-8-34-24)21-6-7-22-23(31-21)10-16(11-28-22)17-12-29-30-13-17;23-14-10-20-19(26-11-14)7-6-18(27-20)15-12-29(21-3-1-2-8-30-21)28-22(15)13-4-5-16(24)17(25)9-13;1-12(2,3)19-11(18)17-9-8-10(16-17)15-20-13(4,5)14(6,7)21-15/h4-7,9-14,24H,1-3,8H2,(H,29,30);4-7,9-12,21H,1-3,8H2;8-9H,1-7H3. The molecule has 0 radical (unpaired) electrons. The molecule has 0 spiro atoms. The number of halogens is 5. The van der Waals surface area contributed by atoms with Crippen molar-refractivity contribution in [1.82, 2.24) is 59.5 Å². The highest BCUT2D eigenvalue weighted by atomic mass is 79.9. The number of aromatic nitrogens is 12. The minimum Gasteiger partial charge on any atom is -0.442 e. The molecule has 0 amide bonds. The Bertz CT molecular complexity index is 4030. The number of hydrogen-bond donors (Lipinski definition) is 1. The number of nitrogens with zero attached hydrogens (tertiary/aromatic N) is 11. The molecule has 10 aromatic rings. The van der Waals surface area contributed by atoms with Crippen LogP contribution in [-0.2, 0) is 23.5 Å². The summed E-state index contributed by atoms with van der Waals surface area (Å²) in [5, 5.41) is 20.4. The highest BCUT2D eigenvalue weighted by Gasteiger charge is 2.52. The lowest BCUT2D eigenvalue weighted by atomic mass is 9.85. The zero-order valence-electron chi connectivity index (χ0n) is 47.7. The second kappa shape index (κ2) is 24.2. The molecule has 85 heavy (non-hydrogen) atoms. The van der Waals surface area contributed by atoms with E-state index in [9.17, 15) is 22.4 Å². The van der Waals surface area contributed by atoms with Gasteiger partial charge in [-0.1, -0.05) is 0 Å². The number of aromatic amines is 1. The molecule has 0 saturated carbocycles. The quantitative estimate of drug-likeness (QED) is 0.111. The molecule has 0 aliphatic carbocycles. The highest BCUT2D eigenvalue weighted by Crippen LogP contribution is 2.39. The summed E-state index contributed by atoms with van der Waals surface area (Å²) in [5.41, 5.74) is 8.58. The van der Waals surface area contributed by atoms with E-state index in [-0.39, 0.29) is 12.5 Å². The maximum absolute atomic E-state index is 14.1. The third kappa shape index (κ3) is 13.1. The lowest BCUT2D eigenvalue weighted by Gasteiger charge is -2.32. The SMILES string of the molecule is CC(C)(C)OC(=O)n1ccc(B2OC(C)(C)C(C)(C)O2)n1.Fc1ccc(-c2nn(C3CCCCO3)cc2-c2ccc3ncc(-c4cn[nH]c4)cc3n2)cc1F.Fc1ccc(-c2nn(C3CCCCO3)cc2-c2ccc3ncc(Br)cc3n2)cc1F. The molecule has 13 rings (SSSR count). The van der Waals surface area contributed by atoms with Gasteiger partial charge < -0.3 is 23.5 Å². The monoisotopic (exact) mass is 1220 g/mol. The lowest BCUT2D eigenvalue weighted by Crippen LogP contribution is -2.41. The van der Waals surface area contributed by atoms with Gasteiger partial charge in [0.15, 0.2) is 23.3 Å². The van der Waals surface area contributed by atoms with Gasteiger partial charge in [0.1, 0.15) is 29.4 Å². The van der Waals surface area contributed by atoms with E-state index in [0.29, 0.717) is 63.8 Å². The zero-order chi connectivity index (χ0) is 59.8. The number of H-pyrrole nitrogens is 1. The second-order valence-corrected chi connectivity index (χ2v) is 23.6. The summed E-state index contributed by atoms with van der Waals surface area (Å²) in [7, 11) is -0.585. The van der Waals surface area contributed by atoms with Crippen molar-refractivity contribution >= 4 is 56.8 Å². The van der Waals surface area contributed by atoms with Gasteiger partial charge in [-0.25, -0.2) is 41.7 Å². The van der Waals surface area contributed by atoms with Crippen LogP contribution in [0.25, 0.3) is 78.2 Å². The van der Waals surface area contributed by atoms with E-state index >= 15 is 0 Å². The summed E-state index contributed by atoms with van der Waals surface area (Å²) >= 11 is 3.42. The van der Waals surface area contributed by atoms with Gasteiger partial charge in [-0.3, -0.25) is 15.1 Å². The number of hydrogen-bond acceptors (Lipinski definition) is 14. The summed E-state index contributed by atoms with van der Waals surface area (Å²) in [6, 6.07) is 20.6. The predicted molar refractivity (Wildman–Crippen MR) is 315 cm³/mol. The molecule has 18 nitrogen and oxygen atoms in total. The summed E-state index contributed by atoms with van der Waals surface area (Å²) in [5.74, 6) is -3.63. The average Bonchev–Trinajstić information content (AvgIpc) is 2.42. The molecule has 11 heterocycles. The van der Waals surface area contributed by atoms with Crippen molar-refractivity contribution in [1.29, 1.82) is 0 Å². The number of rotatable bonds is 8. The molecule has 3 fully saturated rings. The summed E-state index contributed by atoms with van der Waals surface area (Å²) in [6.07, 6.45) is 17.2. The van der Waals surface area contributed by atoms with Crippen molar-refractivity contribution in [2.24, 2.45) is 0 Å². The first-order valence-corrected chi connectivity index (χ1v) is 28.6. The van der Waals surface area contributed by atoms with Crippen molar-refractivity contribution in [2.75, 3.05) is 13.2 Å². The Labute approximate surface area is 495 Å². The second-order valence-electron chi connectivity index (χ2n) is 22.7. The van der Waals surface area contributed by atoms with Crippen LogP contribution in [-0.4, -0.2) is 103 Å². The third-order valence-corrected chi connectivity index (χ3v) is 15.3. The van der Waals surface area contributed by atoms with E-state index in [1.807, 2.05) is 97.3 Å². The number of nitrogens with one attached hydrogen (secondary N) is 1. The molecule has 2 atom stereocenters. The molecule has 3 aliphatic heterocycles. The topological polar surface area (TPSA) is 197 Å². The molecular weight excluding hydrogens is 1160 g/mol. The normalized spacial score (nSPS) is 17.5. The molecule has 0 bridgehead atoms. The highest BCUT2D eigenvalue weighted by molar-refractivity contribution is 9.10. The smallest absolute Gasteiger partial charge is 0.442 e. The number of benzene rings is 2. The fourth-order valence-electron chi connectivity index (χ4n) is 9.72. The van der Waals surface area contributed by atoms with E-state index in [2.05, 4.69) is 46.3 Å². The zero-order valence-corrected chi connectivity index (χ0v) is 49.3. The predicted octanol–water partition coefficient (Wildman–Crippen LogP) is 13.4. The molecule has 438 valence electrons. The molecule has 1 N–H and O–H groups in total. The minimum atomic E-state index is -0.924. The van der Waals surface area contributed by atoms with Crippen molar-refractivity contribution in [3.05, 3.63) is 150 Å². The van der Waals surface area contributed by atoms with Gasteiger partial charge in [0, 0.05) is 88.2 Å². The van der Waals surface area contributed by atoms with Gasteiger partial charge >= 0.3 is 13.2 Å². The Kier molecular flexibility index (Phi) is 16.7. The molecule has 3 saturated heterocycles. The van der Waals surface area contributed by atoms with E-state index in [1.54, 1.807) is 46.4 Å². The number of carbonyl (C=O) groups excluding carboxylic acids is 1. The van der Waals surface area contributed by atoms with Crippen LogP contribution >= 0.6 is 15.9 Å². The van der Waals surface area contributed by atoms with E-state index in [1.165, 1.54) is 12.1 Å². The molecule has 24 heteroatoms. The summed E-state index contributed by atoms with van der Waals surface area (Å²) < 4.78 is 89.5. The average molecular weight is 1220 g/mol. The fourth-order valence-corrected chi connectivity index (χ4v) is 10.0.